The standard InChI is InChI=1S/C18H28N4O/c1-4-5-9-14-22(3)18(19-2)20-13-12-17(23)21-15-16-10-7-6-8-11-16/h4,6-8,10-11H,1,5,9,12-15H2,2-3H3,(H,19,20)(H,21,23). The molecule has 0 unspecified atom stereocenters. The summed E-state index contributed by atoms with van der Waals surface area (Å²) in [6.45, 7) is 5.76. The van der Waals surface area contributed by atoms with Gasteiger partial charge in [-0.3, -0.25) is 9.79 Å². The van der Waals surface area contributed by atoms with Gasteiger partial charge in [0.1, 0.15) is 0 Å². The fourth-order valence-corrected chi connectivity index (χ4v) is 2.14. The summed E-state index contributed by atoms with van der Waals surface area (Å²) in [4.78, 5) is 18.1. The average molecular weight is 316 g/mol. The van der Waals surface area contributed by atoms with Gasteiger partial charge in [0.05, 0.1) is 0 Å². The molecule has 0 fully saturated rings. The summed E-state index contributed by atoms with van der Waals surface area (Å²) in [6.07, 6.45) is 4.37. The Balaban J connectivity index is 2.23. The van der Waals surface area contributed by atoms with E-state index in [1.165, 1.54) is 0 Å². The van der Waals surface area contributed by atoms with Crippen LogP contribution in [0.5, 0.6) is 0 Å². The van der Waals surface area contributed by atoms with Gasteiger partial charge >= 0.3 is 0 Å². The van der Waals surface area contributed by atoms with E-state index in [9.17, 15) is 4.79 Å². The van der Waals surface area contributed by atoms with Crippen LogP contribution < -0.4 is 10.6 Å². The number of benzene rings is 1. The predicted molar refractivity (Wildman–Crippen MR) is 96.3 cm³/mol. The molecule has 0 atom stereocenters. The Morgan fingerprint density at radius 1 is 1.30 bits per heavy atom. The van der Waals surface area contributed by atoms with Gasteiger partial charge in [-0.25, -0.2) is 0 Å². The molecule has 0 aliphatic carbocycles. The fourth-order valence-electron chi connectivity index (χ4n) is 2.14. The van der Waals surface area contributed by atoms with E-state index in [4.69, 9.17) is 0 Å². The zero-order chi connectivity index (χ0) is 16.9. The molecular weight excluding hydrogens is 288 g/mol. The van der Waals surface area contributed by atoms with E-state index >= 15 is 0 Å². The molecular formula is C18H28N4O. The molecule has 0 spiro atoms. The van der Waals surface area contributed by atoms with Crippen molar-refractivity contribution < 1.29 is 4.79 Å². The molecule has 0 saturated heterocycles. The van der Waals surface area contributed by atoms with E-state index in [-0.39, 0.29) is 5.91 Å². The van der Waals surface area contributed by atoms with Crippen LogP contribution >= 0.6 is 0 Å². The summed E-state index contributed by atoms with van der Waals surface area (Å²) in [5, 5.41) is 6.13. The largest absolute Gasteiger partial charge is 0.356 e. The molecule has 1 rings (SSSR count). The first-order valence-electron chi connectivity index (χ1n) is 8.00. The van der Waals surface area contributed by atoms with Gasteiger partial charge in [-0.05, 0) is 18.4 Å². The smallest absolute Gasteiger partial charge is 0.222 e. The van der Waals surface area contributed by atoms with Crippen molar-refractivity contribution in [2.75, 3.05) is 27.2 Å². The fraction of sp³-hybridized carbons (Fsp3) is 0.444. The van der Waals surface area contributed by atoms with Crippen LogP contribution in [-0.2, 0) is 11.3 Å². The third kappa shape index (κ3) is 8.04. The third-order valence-corrected chi connectivity index (χ3v) is 3.44. The maximum absolute atomic E-state index is 11.9. The second-order valence-corrected chi connectivity index (χ2v) is 5.34. The summed E-state index contributed by atoms with van der Waals surface area (Å²) in [5.74, 6) is 0.844. The lowest BCUT2D eigenvalue weighted by atomic mass is 10.2. The van der Waals surface area contributed by atoms with E-state index in [1.54, 1.807) is 7.05 Å². The minimum Gasteiger partial charge on any atom is -0.356 e. The van der Waals surface area contributed by atoms with Gasteiger partial charge in [0, 0.05) is 40.2 Å². The number of rotatable bonds is 9. The maximum Gasteiger partial charge on any atom is 0.222 e. The molecule has 2 N–H and O–H groups in total. The highest BCUT2D eigenvalue weighted by molar-refractivity contribution is 5.81. The van der Waals surface area contributed by atoms with Crippen molar-refractivity contribution in [3.05, 3.63) is 48.6 Å². The van der Waals surface area contributed by atoms with Gasteiger partial charge in [-0.15, -0.1) is 6.58 Å². The van der Waals surface area contributed by atoms with Crippen molar-refractivity contribution in [3.8, 4) is 0 Å². The number of guanidine groups is 1. The van der Waals surface area contributed by atoms with Crippen LogP contribution in [0.3, 0.4) is 0 Å². The van der Waals surface area contributed by atoms with E-state index in [0.29, 0.717) is 19.5 Å². The number of carbonyl (C=O) groups is 1. The lowest BCUT2D eigenvalue weighted by Gasteiger charge is -2.21. The van der Waals surface area contributed by atoms with Crippen molar-refractivity contribution in [2.24, 2.45) is 4.99 Å². The van der Waals surface area contributed by atoms with Gasteiger partial charge < -0.3 is 15.5 Å². The van der Waals surface area contributed by atoms with Crippen LogP contribution in [0.25, 0.3) is 0 Å². The highest BCUT2D eigenvalue weighted by Gasteiger charge is 2.06. The highest BCUT2D eigenvalue weighted by Crippen LogP contribution is 1.97. The van der Waals surface area contributed by atoms with Crippen LogP contribution in [0, 0.1) is 0 Å². The van der Waals surface area contributed by atoms with Crippen molar-refractivity contribution in [1.29, 1.82) is 0 Å². The number of amides is 1. The molecule has 5 nitrogen and oxygen atoms in total. The zero-order valence-electron chi connectivity index (χ0n) is 14.2. The zero-order valence-corrected chi connectivity index (χ0v) is 14.2. The molecule has 126 valence electrons. The highest BCUT2D eigenvalue weighted by atomic mass is 16.1. The Bertz CT molecular complexity index is 499. The molecule has 0 aromatic heterocycles. The quantitative estimate of drug-likeness (QED) is 0.318. The topological polar surface area (TPSA) is 56.7 Å². The van der Waals surface area contributed by atoms with Crippen molar-refractivity contribution in [3.63, 3.8) is 0 Å². The van der Waals surface area contributed by atoms with Crippen LogP contribution in [-0.4, -0.2) is 44.0 Å². The van der Waals surface area contributed by atoms with Gasteiger partial charge in [0.2, 0.25) is 5.91 Å². The Morgan fingerprint density at radius 3 is 2.70 bits per heavy atom. The molecule has 23 heavy (non-hydrogen) atoms. The van der Waals surface area contributed by atoms with Gasteiger partial charge in [0.15, 0.2) is 5.96 Å². The van der Waals surface area contributed by atoms with Crippen molar-refractivity contribution in [1.82, 2.24) is 15.5 Å². The summed E-state index contributed by atoms with van der Waals surface area (Å²) in [5.41, 5.74) is 1.10. The molecule has 0 radical (unpaired) electrons. The van der Waals surface area contributed by atoms with Gasteiger partial charge in [-0.1, -0.05) is 36.4 Å². The first-order chi connectivity index (χ1) is 11.2. The number of hydrogen-bond donors (Lipinski definition) is 2. The van der Waals surface area contributed by atoms with Crippen molar-refractivity contribution in [2.45, 2.75) is 25.8 Å². The number of aliphatic imine (C=N–C) groups is 1. The summed E-state index contributed by atoms with van der Waals surface area (Å²) in [6, 6.07) is 9.90. The predicted octanol–water partition coefficient (Wildman–Crippen LogP) is 2.17. The van der Waals surface area contributed by atoms with Crippen LogP contribution in [0.4, 0.5) is 0 Å². The number of unbranched alkanes of at least 4 members (excludes halogenated alkanes) is 1. The first-order valence-corrected chi connectivity index (χ1v) is 8.00. The van der Waals surface area contributed by atoms with E-state index in [2.05, 4.69) is 27.1 Å². The minimum atomic E-state index is 0.0334. The molecule has 1 amide bonds. The molecule has 0 saturated carbocycles. The molecule has 0 heterocycles. The second kappa shape index (κ2) is 11.3. The van der Waals surface area contributed by atoms with Crippen molar-refractivity contribution >= 4 is 11.9 Å². The monoisotopic (exact) mass is 316 g/mol. The van der Waals surface area contributed by atoms with E-state index in [0.717, 1.165) is 30.9 Å². The molecule has 0 aliphatic heterocycles. The number of carbonyl (C=O) groups excluding carboxylic acids is 1. The number of hydrogen-bond acceptors (Lipinski definition) is 2. The Kier molecular flexibility index (Phi) is 9.20. The molecule has 0 bridgehead atoms. The second-order valence-electron chi connectivity index (χ2n) is 5.34. The lowest BCUT2D eigenvalue weighted by molar-refractivity contribution is -0.121. The summed E-state index contributed by atoms with van der Waals surface area (Å²) in [7, 11) is 3.75. The molecule has 5 heteroatoms. The molecule has 1 aromatic carbocycles. The van der Waals surface area contributed by atoms with Gasteiger partial charge in [0.25, 0.3) is 0 Å². The van der Waals surface area contributed by atoms with Crippen LogP contribution in [0.1, 0.15) is 24.8 Å². The Hall–Kier alpha value is -2.30. The summed E-state index contributed by atoms with van der Waals surface area (Å²) >= 11 is 0. The Labute approximate surface area is 139 Å². The lowest BCUT2D eigenvalue weighted by Crippen LogP contribution is -2.40. The number of allylic oxidation sites excluding steroid dienone is 1. The molecule has 0 aliphatic rings. The van der Waals surface area contributed by atoms with Crippen LogP contribution in [0.2, 0.25) is 0 Å². The van der Waals surface area contributed by atoms with E-state index < -0.39 is 0 Å². The third-order valence-electron chi connectivity index (χ3n) is 3.44. The Morgan fingerprint density at radius 2 is 2.04 bits per heavy atom. The van der Waals surface area contributed by atoms with E-state index in [1.807, 2.05) is 43.5 Å². The first kappa shape index (κ1) is 18.7. The minimum absolute atomic E-state index is 0.0334. The maximum atomic E-state index is 11.9. The number of nitrogens with one attached hydrogen (secondary N) is 2. The SMILES string of the molecule is C=CCCCN(C)C(=NC)NCCC(=O)NCc1ccccc1. The average Bonchev–Trinajstić information content (AvgIpc) is 2.58. The molecule has 1 aromatic rings. The summed E-state index contributed by atoms with van der Waals surface area (Å²) < 4.78 is 0. The number of nitrogens with zero attached hydrogens (tertiary/aromatic N) is 2. The van der Waals surface area contributed by atoms with Gasteiger partial charge in [-0.2, -0.15) is 0 Å². The van der Waals surface area contributed by atoms with Crippen LogP contribution in [0.15, 0.2) is 48.0 Å². The normalized spacial score (nSPS) is 11.0.